The van der Waals surface area contributed by atoms with E-state index in [-0.39, 0.29) is 17.1 Å². The number of amides is 1. The number of carbonyl (C=O) groups is 1. The molecule has 0 bridgehead atoms. The molecule has 0 aliphatic heterocycles. The molecule has 0 aliphatic rings. The zero-order valence-corrected chi connectivity index (χ0v) is 14.9. The van der Waals surface area contributed by atoms with Gasteiger partial charge in [-0.25, -0.2) is 4.39 Å². The van der Waals surface area contributed by atoms with Crippen LogP contribution in [0.1, 0.15) is 15.9 Å². The highest BCUT2D eigenvalue weighted by atomic mass is 35.5. The van der Waals surface area contributed by atoms with Crippen molar-refractivity contribution in [3.63, 3.8) is 0 Å². The summed E-state index contributed by atoms with van der Waals surface area (Å²) >= 11 is 17.9. The van der Waals surface area contributed by atoms with Gasteiger partial charge in [-0.05, 0) is 24.3 Å². The number of hydrogen-bond donors (Lipinski definition) is 1. The van der Waals surface area contributed by atoms with Crippen molar-refractivity contribution in [3.05, 3.63) is 80.8 Å². The zero-order chi connectivity index (χ0) is 18.0. The van der Waals surface area contributed by atoms with Gasteiger partial charge in [0, 0.05) is 16.8 Å². The maximum atomic E-state index is 13.8. The lowest BCUT2D eigenvalue weighted by Crippen LogP contribution is -2.12. The number of halogens is 4. The molecule has 4 nitrogen and oxygen atoms in total. The predicted octanol–water partition coefficient (Wildman–Crippen LogP) is 5.28. The van der Waals surface area contributed by atoms with Gasteiger partial charge < -0.3 is 5.32 Å². The minimum absolute atomic E-state index is 0.138. The second-order valence-electron chi connectivity index (χ2n) is 5.18. The van der Waals surface area contributed by atoms with Crippen molar-refractivity contribution in [1.82, 2.24) is 9.78 Å². The van der Waals surface area contributed by atoms with Crippen molar-refractivity contribution < 1.29 is 9.18 Å². The van der Waals surface area contributed by atoms with Crippen LogP contribution in [0.3, 0.4) is 0 Å². The van der Waals surface area contributed by atoms with Crippen molar-refractivity contribution >= 4 is 46.4 Å². The average Bonchev–Trinajstić information content (AvgIpc) is 3.01. The van der Waals surface area contributed by atoms with E-state index in [1.807, 2.05) is 0 Å². The van der Waals surface area contributed by atoms with E-state index >= 15 is 0 Å². The van der Waals surface area contributed by atoms with Crippen LogP contribution < -0.4 is 5.32 Å². The van der Waals surface area contributed by atoms with Gasteiger partial charge in [0.25, 0.3) is 5.91 Å². The molecule has 128 valence electrons. The Hall–Kier alpha value is -2.08. The molecule has 0 aliphatic carbocycles. The molecule has 3 aromatic rings. The van der Waals surface area contributed by atoms with Gasteiger partial charge >= 0.3 is 0 Å². The maximum absolute atomic E-state index is 13.8. The van der Waals surface area contributed by atoms with Crippen molar-refractivity contribution in [3.8, 4) is 0 Å². The van der Waals surface area contributed by atoms with Crippen LogP contribution in [0.15, 0.2) is 48.8 Å². The van der Waals surface area contributed by atoms with E-state index in [9.17, 15) is 9.18 Å². The molecule has 1 heterocycles. The quantitative estimate of drug-likeness (QED) is 0.649. The first-order valence-corrected chi connectivity index (χ1v) is 8.30. The van der Waals surface area contributed by atoms with Gasteiger partial charge in [-0.1, -0.05) is 46.9 Å². The molecule has 3 rings (SSSR count). The monoisotopic (exact) mass is 397 g/mol. The first kappa shape index (κ1) is 17.7. The van der Waals surface area contributed by atoms with Gasteiger partial charge in [0.05, 0.1) is 34.0 Å². The standard InChI is InChI=1S/C17H11Cl3FN3O/c18-13-4-2-6-15(21)12(13)9-24-8-10(7-22-24)23-17(25)11-3-1-5-14(19)16(11)20/h1-8H,9H2,(H,23,25). The van der Waals surface area contributed by atoms with Crippen LogP contribution in [0.5, 0.6) is 0 Å². The predicted molar refractivity (Wildman–Crippen MR) is 97.2 cm³/mol. The van der Waals surface area contributed by atoms with Crippen LogP contribution >= 0.6 is 34.8 Å². The van der Waals surface area contributed by atoms with E-state index in [1.54, 1.807) is 30.5 Å². The van der Waals surface area contributed by atoms with Gasteiger partial charge in [-0.3, -0.25) is 9.48 Å². The molecule has 1 amide bonds. The van der Waals surface area contributed by atoms with E-state index in [0.29, 0.717) is 21.3 Å². The molecule has 2 aromatic carbocycles. The lowest BCUT2D eigenvalue weighted by Gasteiger charge is -2.06. The molecule has 0 radical (unpaired) electrons. The molecule has 25 heavy (non-hydrogen) atoms. The summed E-state index contributed by atoms with van der Waals surface area (Å²) in [5.74, 6) is -0.838. The topological polar surface area (TPSA) is 46.9 Å². The third-order valence-electron chi connectivity index (χ3n) is 3.47. The van der Waals surface area contributed by atoms with Crippen molar-refractivity contribution in [1.29, 1.82) is 0 Å². The fraction of sp³-hybridized carbons (Fsp3) is 0.0588. The molecule has 0 atom stereocenters. The van der Waals surface area contributed by atoms with E-state index in [1.165, 1.54) is 23.0 Å². The van der Waals surface area contributed by atoms with Crippen LogP contribution in [-0.2, 0) is 6.54 Å². The summed E-state index contributed by atoms with van der Waals surface area (Å²) in [6.07, 6.45) is 3.02. The smallest absolute Gasteiger partial charge is 0.257 e. The van der Waals surface area contributed by atoms with Crippen LogP contribution in [-0.4, -0.2) is 15.7 Å². The summed E-state index contributed by atoms with van der Waals surface area (Å²) < 4.78 is 15.3. The third-order valence-corrected chi connectivity index (χ3v) is 4.64. The summed E-state index contributed by atoms with van der Waals surface area (Å²) in [6, 6.07) is 9.25. The Labute approximate surface area is 158 Å². The highest BCUT2D eigenvalue weighted by Crippen LogP contribution is 2.26. The van der Waals surface area contributed by atoms with E-state index in [2.05, 4.69) is 10.4 Å². The fourth-order valence-electron chi connectivity index (χ4n) is 2.24. The number of nitrogens with one attached hydrogen (secondary N) is 1. The number of carbonyl (C=O) groups excluding carboxylic acids is 1. The molecule has 0 saturated carbocycles. The first-order valence-electron chi connectivity index (χ1n) is 7.16. The van der Waals surface area contributed by atoms with Crippen LogP contribution in [0.25, 0.3) is 0 Å². The number of hydrogen-bond acceptors (Lipinski definition) is 2. The third kappa shape index (κ3) is 3.95. The summed E-state index contributed by atoms with van der Waals surface area (Å²) in [6.45, 7) is 0.138. The molecule has 0 fully saturated rings. The van der Waals surface area contributed by atoms with Crippen LogP contribution in [0.2, 0.25) is 15.1 Å². The van der Waals surface area contributed by atoms with Gasteiger partial charge in [-0.2, -0.15) is 5.10 Å². The van der Waals surface area contributed by atoms with Crippen molar-refractivity contribution in [2.24, 2.45) is 0 Å². The van der Waals surface area contributed by atoms with Gasteiger partial charge in [-0.15, -0.1) is 0 Å². The second kappa shape index (κ2) is 7.44. The molecule has 8 heteroatoms. The minimum Gasteiger partial charge on any atom is -0.319 e. The molecule has 0 unspecified atom stereocenters. The van der Waals surface area contributed by atoms with E-state index < -0.39 is 11.7 Å². The highest BCUT2D eigenvalue weighted by Gasteiger charge is 2.14. The summed E-state index contributed by atoms with van der Waals surface area (Å²) in [5, 5.41) is 7.54. The number of aromatic nitrogens is 2. The highest BCUT2D eigenvalue weighted by molar-refractivity contribution is 6.44. The number of rotatable bonds is 4. The van der Waals surface area contributed by atoms with E-state index in [0.717, 1.165) is 0 Å². The second-order valence-corrected chi connectivity index (χ2v) is 6.37. The fourth-order valence-corrected chi connectivity index (χ4v) is 2.85. The first-order chi connectivity index (χ1) is 12.0. The van der Waals surface area contributed by atoms with Crippen LogP contribution in [0, 0.1) is 5.82 Å². The molecule has 0 spiro atoms. The van der Waals surface area contributed by atoms with Gasteiger partial charge in [0.15, 0.2) is 0 Å². The largest absolute Gasteiger partial charge is 0.319 e. The summed E-state index contributed by atoms with van der Waals surface area (Å²) in [4.78, 5) is 12.3. The Bertz CT molecular complexity index is 922. The van der Waals surface area contributed by atoms with Crippen molar-refractivity contribution in [2.75, 3.05) is 5.32 Å². The van der Waals surface area contributed by atoms with E-state index in [4.69, 9.17) is 34.8 Å². The number of anilines is 1. The molecular weight excluding hydrogens is 388 g/mol. The molecular formula is C17H11Cl3FN3O. The number of nitrogens with zero attached hydrogens (tertiary/aromatic N) is 2. The molecule has 0 saturated heterocycles. The van der Waals surface area contributed by atoms with Crippen molar-refractivity contribution in [2.45, 2.75) is 6.54 Å². The SMILES string of the molecule is O=C(Nc1cnn(Cc2c(F)cccc2Cl)c1)c1cccc(Cl)c1Cl. The average molecular weight is 399 g/mol. The lowest BCUT2D eigenvalue weighted by atomic mass is 10.2. The maximum Gasteiger partial charge on any atom is 0.257 e. The minimum atomic E-state index is -0.420. The Kier molecular flexibility index (Phi) is 5.27. The van der Waals surface area contributed by atoms with Gasteiger partial charge in [0.2, 0.25) is 0 Å². The Morgan fingerprint density at radius 3 is 2.60 bits per heavy atom. The van der Waals surface area contributed by atoms with Gasteiger partial charge in [0.1, 0.15) is 5.82 Å². The Balaban J connectivity index is 1.76. The Morgan fingerprint density at radius 2 is 1.84 bits per heavy atom. The summed E-state index contributed by atoms with van der Waals surface area (Å²) in [7, 11) is 0. The Morgan fingerprint density at radius 1 is 1.12 bits per heavy atom. The number of benzene rings is 2. The summed E-state index contributed by atoms with van der Waals surface area (Å²) in [5.41, 5.74) is 1.01. The van der Waals surface area contributed by atoms with Crippen LogP contribution in [0.4, 0.5) is 10.1 Å². The molecule has 1 aromatic heterocycles. The lowest BCUT2D eigenvalue weighted by molar-refractivity contribution is 0.102. The normalized spacial score (nSPS) is 10.7. The zero-order valence-electron chi connectivity index (χ0n) is 12.6. The molecule has 1 N–H and O–H groups in total.